The summed E-state index contributed by atoms with van der Waals surface area (Å²) in [5, 5.41) is 3.46. The standard InChI is InChI=1S/C15H22FNOS/c1-2-17-13-9-4-3-5-11-15(13)19(18)14-10-7-6-8-12(14)16/h6-8,10,13,15,17H,2-5,9,11H2,1H3. The van der Waals surface area contributed by atoms with Crippen molar-refractivity contribution in [2.24, 2.45) is 0 Å². The van der Waals surface area contributed by atoms with E-state index in [2.05, 4.69) is 12.2 Å². The summed E-state index contributed by atoms with van der Waals surface area (Å²) in [5.41, 5.74) is 0. The third-order valence-electron chi connectivity index (χ3n) is 3.75. The number of benzene rings is 1. The fraction of sp³-hybridized carbons (Fsp3) is 0.600. The van der Waals surface area contributed by atoms with Crippen LogP contribution in [0, 0.1) is 5.82 Å². The topological polar surface area (TPSA) is 29.1 Å². The van der Waals surface area contributed by atoms with E-state index in [1.54, 1.807) is 18.2 Å². The highest BCUT2D eigenvalue weighted by Gasteiger charge is 2.29. The van der Waals surface area contributed by atoms with Crippen molar-refractivity contribution in [2.75, 3.05) is 6.54 Å². The van der Waals surface area contributed by atoms with Gasteiger partial charge in [-0.05, 0) is 31.5 Å². The van der Waals surface area contributed by atoms with Crippen LogP contribution in [-0.2, 0) is 10.8 Å². The highest BCUT2D eigenvalue weighted by molar-refractivity contribution is 7.85. The zero-order valence-corrected chi connectivity index (χ0v) is 12.2. The molecule has 1 saturated carbocycles. The van der Waals surface area contributed by atoms with E-state index in [1.807, 2.05) is 0 Å². The predicted molar refractivity (Wildman–Crippen MR) is 77.1 cm³/mol. The number of halogens is 1. The van der Waals surface area contributed by atoms with Crippen molar-refractivity contribution in [1.29, 1.82) is 0 Å². The first-order chi connectivity index (χ1) is 9.24. The van der Waals surface area contributed by atoms with Gasteiger partial charge in [0.2, 0.25) is 0 Å². The second-order valence-corrected chi connectivity index (χ2v) is 6.71. The molecule has 0 aromatic heterocycles. The molecule has 0 aliphatic heterocycles. The van der Waals surface area contributed by atoms with E-state index >= 15 is 0 Å². The first kappa shape index (κ1) is 14.7. The summed E-state index contributed by atoms with van der Waals surface area (Å²) in [5.74, 6) is -0.347. The number of hydrogen-bond donors (Lipinski definition) is 1. The second kappa shape index (κ2) is 7.15. The molecule has 2 nitrogen and oxygen atoms in total. The van der Waals surface area contributed by atoms with E-state index in [4.69, 9.17) is 0 Å². The van der Waals surface area contributed by atoms with Crippen LogP contribution in [-0.4, -0.2) is 22.0 Å². The SMILES string of the molecule is CCNC1CCCCCC1S(=O)c1ccccc1F. The maximum atomic E-state index is 13.8. The summed E-state index contributed by atoms with van der Waals surface area (Å²) >= 11 is 0. The van der Waals surface area contributed by atoms with E-state index in [1.165, 1.54) is 18.9 Å². The van der Waals surface area contributed by atoms with Crippen molar-refractivity contribution >= 4 is 10.8 Å². The molecule has 1 aromatic rings. The number of hydrogen-bond acceptors (Lipinski definition) is 2. The molecule has 1 aromatic carbocycles. The van der Waals surface area contributed by atoms with Crippen LogP contribution in [0.15, 0.2) is 29.2 Å². The molecule has 4 heteroatoms. The first-order valence-corrected chi connectivity index (χ1v) is 8.33. The Morgan fingerprint density at radius 2 is 2.00 bits per heavy atom. The zero-order valence-electron chi connectivity index (χ0n) is 11.4. The van der Waals surface area contributed by atoms with E-state index in [0.29, 0.717) is 4.90 Å². The van der Waals surface area contributed by atoms with Crippen LogP contribution in [0.2, 0.25) is 0 Å². The van der Waals surface area contributed by atoms with Gasteiger partial charge < -0.3 is 5.32 Å². The Morgan fingerprint density at radius 1 is 1.26 bits per heavy atom. The van der Waals surface area contributed by atoms with Gasteiger partial charge in [-0.15, -0.1) is 0 Å². The van der Waals surface area contributed by atoms with Gasteiger partial charge in [0.05, 0.1) is 20.9 Å². The summed E-state index contributed by atoms with van der Waals surface area (Å²) in [6.45, 7) is 2.93. The minimum Gasteiger partial charge on any atom is -0.313 e. The Hall–Kier alpha value is -0.740. The minimum absolute atomic E-state index is 0.0272. The molecule has 0 heterocycles. The molecule has 1 aliphatic carbocycles. The molecule has 0 bridgehead atoms. The molecule has 1 aliphatic rings. The molecule has 0 saturated heterocycles. The lowest BCUT2D eigenvalue weighted by Gasteiger charge is -2.25. The molecular weight excluding hydrogens is 261 g/mol. The van der Waals surface area contributed by atoms with E-state index in [-0.39, 0.29) is 17.1 Å². The van der Waals surface area contributed by atoms with Crippen LogP contribution in [0.5, 0.6) is 0 Å². The van der Waals surface area contributed by atoms with Crippen molar-refractivity contribution in [3.05, 3.63) is 30.1 Å². The normalized spacial score (nSPS) is 25.8. The van der Waals surface area contributed by atoms with Crippen molar-refractivity contribution < 1.29 is 8.60 Å². The monoisotopic (exact) mass is 283 g/mol. The van der Waals surface area contributed by atoms with Crippen molar-refractivity contribution in [3.8, 4) is 0 Å². The quantitative estimate of drug-likeness (QED) is 0.860. The highest BCUT2D eigenvalue weighted by atomic mass is 32.2. The van der Waals surface area contributed by atoms with Gasteiger partial charge in [0.1, 0.15) is 5.82 Å². The lowest BCUT2D eigenvalue weighted by molar-refractivity contribution is 0.473. The van der Waals surface area contributed by atoms with Gasteiger partial charge in [0, 0.05) is 6.04 Å². The molecule has 0 radical (unpaired) electrons. The third-order valence-corrected chi connectivity index (χ3v) is 5.63. The molecule has 19 heavy (non-hydrogen) atoms. The van der Waals surface area contributed by atoms with Crippen molar-refractivity contribution in [3.63, 3.8) is 0 Å². The van der Waals surface area contributed by atoms with Crippen molar-refractivity contribution in [2.45, 2.75) is 55.2 Å². The molecule has 3 unspecified atom stereocenters. The second-order valence-electron chi connectivity index (χ2n) is 5.07. The summed E-state index contributed by atoms with van der Waals surface area (Å²) in [6.07, 6.45) is 5.40. The molecular formula is C15H22FNOS. The van der Waals surface area contributed by atoms with E-state index in [9.17, 15) is 8.60 Å². The Kier molecular flexibility index (Phi) is 5.52. The van der Waals surface area contributed by atoms with Crippen molar-refractivity contribution in [1.82, 2.24) is 5.32 Å². The number of nitrogens with one attached hydrogen (secondary N) is 1. The Bertz CT molecular complexity index is 438. The fourth-order valence-electron chi connectivity index (χ4n) is 2.80. The maximum absolute atomic E-state index is 13.8. The van der Waals surface area contributed by atoms with Crippen LogP contribution in [0.3, 0.4) is 0 Å². The lowest BCUT2D eigenvalue weighted by Crippen LogP contribution is -2.41. The molecule has 1 N–H and O–H groups in total. The van der Waals surface area contributed by atoms with Crippen LogP contribution in [0.25, 0.3) is 0 Å². The molecule has 2 rings (SSSR count). The maximum Gasteiger partial charge on any atom is 0.139 e. The van der Waals surface area contributed by atoms with Crippen LogP contribution in [0.1, 0.15) is 39.0 Å². The average molecular weight is 283 g/mol. The Labute approximate surface area is 117 Å². The smallest absolute Gasteiger partial charge is 0.139 e. The molecule has 106 valence electrons. The minimum atomic E-state index is -1.26. The third kappa shape index (κ3) is 3.63. The molecule has 1 fully saturated rings. The Morgan fingerprint density at radius 3 is 2.74 bits per heavy atom. The summed E-state index contributed by atoms with van der Waals surface area (Å²) < 4.78 is 26.5. The summed E-state index contributed by atoms with van der Waals surface area (Å²) in [7, 11) is -1.26. The van der Waals surface area contributed by atoms with Gasteiger partial charge in [0.25, 0.3) is 0 Å². The van der Waals surface area contributed by atoms with E-state index in [0.717, 1.165) is 25.8 Å². The van der Waals surface area contributed by atoms with Crippen LogP contribution < -0.4 is 5.32 Å². The molecule has 0 spiro atoms. The lowest BCUT2D eigenvalue weighted by atomic mass is 10.1. The molecule has 3 atom stereocenters. The van der Waals surface area contributed by atoms with Gasteiger partial charge in [-0.1, -0.05) is 38.3 Å². The molecule has 0 amide bonds. The van der Waals surface area contributed by atoms with Crippen LogP contribution in [0.4, 0.5) is 4.39 Å². The largest absolute Gasteiger partial charge is 0.313 e. The van der Waals surface area contributed by atoms with Gasteiger partial charge in [-0.2, -0.15) is 0 Å². The Balaban J connectivity index is 2.21. The van der Waals surface area contributed by atoms with Gasteiger partial charge in [-0.3, -0.25) is 4.21 Å². The van der Waals surface area contributed by atoms with E-state index < -0.39 is 10.8 Å². The number of rotatable bonds is 4. The average Bonchev–Trinajstić information content (AvgIpc) is 2.64. The summed E-state index contributed by atoms with van der Waals surface area (Å²) in [4.78, 5) is 0.359. The predicted octanol–water partition coefficient (Wildman–Crippen LogP) is 3.24. The van der Waals surface area contributed by atoms with Crippen LogP contribution >= 0.6 is 0 Å². The fourth-order valence-corrected chi connectivity index (χ4v) is 4.51. The van der Waals surface area contributed by atoms with Gasteiger partial charge in [0.15, 0.2) is 0 Å². The van der Waals surface area contributed by atoms with Gasteiger partial charge in [-0.25, -0.2) is 4.39 Å². The highest BCUT2D eigenvalue weighted by Crippen LogP contribution is 2.26. The first-order valence-electron chi connectivity index (χ1n) is 7.12. The zero-order chi connectivity index (χ0) is 13.7. The van der Waals surface area contributed by atoms with Gasteiger partial charge >= 0.3 is 0 Å². The summed E-state index contributed by atoms with van der Waals surface area (Å²) in [6, 6.07) is 6.69.